The Morgan fingerprint density at radius 3 is 2.95 bits per heavy atom. The van der Waals surface area contributed by atoms with Crippen molar-refractivity contribution in [2.45, 2.75) is 32.5 Å². The molecule has 0 bridgehead atoms. The number of nitrogens with zero attached hydrogens (tertiary/aromatic N) is 4. The summed E-state index contributed by atoms with van der Waals surface area (Å²) in [4.78, 5) is 24.0. The lowest BCUT2D eigenvalue weighted by molar-refractivity contribution is -0.137. The minimum absolute atomic E-state index is 0.167. The lowest BCUT2D eigenvalue weighted by Crippen LogP contribution is -2.49. The second kappa shape index (κ2) is 6.53. The predicted molar refractivity (Wildman–Crippen MR) is 71.3 cm³/mol. The van der Waals surface area contributed by atoms with E-state index in [-0.39, 0.29) is 25.0 Å². The molecule has 2 amide bonds. The number of rotatable bonds is 4. The number of piperidine rings is 1. The first-order chi connectivity index (χ1) is 9.95. The highest BCUT2D eigenvalue weighted by molar-refractivity contribution is 5.74. The lowest BCUT2D eigenvalue weighted by atomic mass is 9.96. The molecule has 0 saturated carbocycles. The third kappa shape index (κ3) is 4.15. The van der Waals surface area contributed by atoms with Gasteiger partial charge in [-0.2, -0.15) is 0 Å². The summed E-state index contributed by atoms with van der Waals surface area (Å²) in [6.45, 7) is 2.78. The van der Waals surface area contributed by atoms with E-state index in [0.29, 0.717) is 18.8 Å². The molecule has 1 saturated heterocycles. The molecule has 1 aromatic heterocycles. The van der Waals surface area contributed by atoms with Gasteiger partial charge in [-0.05, 0) is 12.3 Å². The maximum Gasteiger partial charge on any atom is 0.325 e. The van der Waals surface area contributed by atoms with Crippen LogP contribution in [0.1, 0.15) is 19.0 Å². The van der Waals surface area contributed by atoms with Crippen LogP contribution in [0, 0.1) is 5.92 Å². The normalized spacial score (nSPS) is 22.1. The molecule has 1 aliphatic rings. The van der Waals surface area contributed by atoms with Gasteiger partial charge in [0.05, 0.1) is 18.8 Å². The maximum atomic E-state index is 12.0. The number of hydrogen-bond donors (Lipinski definition) is 3. The van der Waals surface area contributed by atoms with Gasteiger partial charge in [0.15, 0.2) is 0 Å². The van der Waals surface area contributed by atoms with Crippen molar-refractivity contribution < 1.29 is 19.8 Å². The van der Waals surface area contributed by atoms with Crippen LogP contribution in [-0.4, -0.2) is 61.3 Å². The van der Waals surface area contributed by atoms with E-state index in [9.17, 15) is 14.7 Å². The smallest absolute Gasteiger partial charge is 0.325 e. The van der Waals surface area contributed by atoms with Gasteiger partial charge in [0.2, 0.25) is 0 Å². The number of nitrogens with one attached hydrogen (secondary N) is 1. The maximum absolute atomic E-state index is 12.0. The number of likely N-dealkylation sites (tertiary alicyclic amines) is 1. The van der Waals surface area contributed by atoms with Crippen LogP contribution in [0.2, 0.25) is 0 Å². The van der Waals surface area contributed by atoms with Crippen molar-refractivity contribution in [1.29, 1.82) is 0 Å². The molecule has 2 atom stereocenters. The van der Waals surface area contributed by atoms with Crippen molar-refractivity contribution in [3.8, 4) is 0 Å². The van der Waals surface area contributed by atoms with Gasteiger partial charge >= 0.3 is 12.0 Å². The molecule has 9 heteroatoms. The van der Waals surface area contributed by atoms with Gasteiger partial charge in [-0.25, -0.2) is 9.48 Å². The van der Waals surface area contributed by atoms with Gasteiger partial charge in [-0.15, -0.1) is 5.10 Å². The summed E-state index contributed by atoms with van der Waals surface area (Å²) in [7, 11) is 0. The molecular weight excluding hydrogens is 278 g/mol. The number of aliphatic hydroxyl groups is 1. The highest BCUT2D eigenvalue weighted by Gasteiger charge is 2.27. The Hall–Kier alpha value is -2.16. The summed E-state index contributed by atoms with van der Waals surface area (Å²) in [5.74, 6) is -0.808. The third-order valence-electron chi connectivity index (χ3n) is 3.51. The van der Waals surface area contributed by atoms with Crippen molar-refractivity contribution in [3.05, 3.63) is 11.9 Å². The van der Waals surface area contributed by atoms with E-state index < -0.39 is 12.1 Å². The fourth-order valence-electron chi connectivity index (χ4n) is 2.15. The zero-order valence-electron chi connectivity index (χ0n) is 11.8. The van der Waals surface area contributed by atoms with Crippen LogP contribution in [0.25, 0.3) is 0 Å². The quantitative estimate of drug-likeness (QED) is 0.674. The minimum Gasteiger partial charge on any atom is -0.480 e. The zero-order chi connectivity index (χ0) is 15.4. The number of carbonyl (C=O) groups excluding carboxylic acids is 1. The largest absolute Gasteiger partial charge is 0.480 e. The molecule has 2 heterocycles. The van der Waals surface area contributed by atoms with Gasteiger partial charge in [0.1, 0.15) is 12.2 Å². The molecule has 1 fully saturated rings. The summed E-state index contributed by atoms with van der Waals surface area (Å²) < 4.78 is 1.19. The highest BCUT2D eigenvalue weighted by Crippen LogP contribution is 2.16. The fraction of sp³-hybridized carbons (Fsp3) is 0.667. The van der Waals surface area contributed by atoms with Crippen LogP contribution in [0.4, 0.5) is 4.79 Å². The molecule has 0 radical (unpaired) electrons. The second-order valence-electron chi connectivity index (χ2n) is 5.24. The molecule has 116 valence electrons. The zero-order valence-corrected chi connectivity index (χ0v) is 11.8. The number of carboxylic acids is 1. The monoisotopic (exact) mass is 297 g/mol. The molecule has 0 spiro atoms. The van der Waals surface area contributed by atoms with Gasteiger partial charge in [-0.3, -0.25) is 4.79 Å². The summed E-state index contributed by atoms with van der Waals surface area (Å²) in [6, 6.07) is -0.270. The van der Waals surface area contributed by atoms with E-state index in [2.05, 4.69) is 15.6 Å². The third-order valence-corrected chi connectivity index (χ3v) is 3.51. The number of β-amino-alcohol motifs (C(OH)–C–C–N with tert-alkyl or cyclic N) is 1. The van der Waals surface area contributed by atoms with E-state index in [0.717, 1.165) is 6.42 Å². The van der Waals surface area contributed by atoms with Crippen molar-refractivity contribution in [3.63, 3.8) is 0 Å². The predicted octanol–water partition coefficient (Wildman–Crippen LogP) is -0.725. The van der Waals surface area contributed by atoms with Crippen molar-refractivity contribution in [2.75, 3.05) is 13.1 Å². The topological polar surface area (TPSA) is 121 Å². The molecule has 0 aromatic carbocycles. The summed E-state index contributed by atoms with van der Waals surface area (Å²) in [5, 5.41) is 28.5. The van der Waals surface area contributed by atoms with Gasteiger partial charge in [0.25, 0.3) is 0 Å². The summed E-state index contributed by atoms with van der Waals surface area (Å²) in [5.41, 5.74) is 0.482. The van der Waals surface area contributed by atoms with Crippen LogP contribution >= 0.6 is 0 Å². The number of aromatic nitrogens is 3. The van der Waals surface area contributed by atoms with Gasteiger partial charge in [-0.1, -0.05) is 12.1 Å². The number of carbonyl (C=O) groups is 2. The number of hydrogen-bond acceptors (Lipinski definition) is 5. The average Bonchev–Trinajstić information content (AvgIpc) is 2.86. The first-order valence-corrected chi connectivity index (χ1v) is 6.77. The molecule has 1 aromatic rings. The standard InChI is InChI=1S/C12H19N5O4/c1-8-2-3-16(6-10(8)18)12(21)13-4-9-5-17(15-14-9)7-11(19)20/h5,8,10,18H,2-4,6-7H2,1H3,(H,13,21)(H,19,20). The van der Waals surface area contributed by atoms with E-state index in [1.807, 2.05) is 6.92 Å². The number of aliphatic carboxylic acids is 1. The molecule has 2 unspecified atom stereocenters. The molecule has 3 N–H and O–H groups in total. The minimum atomic E-state index is -1.01. The Morgan fingerprint density at radius 2 is 2.29 bits per heavy atom. The van der Waals surface area contributed by atoms with Crippen LogP contribution in [0.5, 0.6) is 0 Å². The first-order valence-electron chi connectivity index (χ1n) is 6.77. The van der Waals surface area contributed by atoms with E-state index in [1.165, 1.54) is 10.9 Å². The Bertz CT molecular complexity index is 518. The average molecular weight is 297 g/mol. The Kier molecular flexibility index (Phi) is 4.73. The highest BCUT2D eigenvalue weighted by atomic mass is 16.4. The molecular formula is C12H19N5O4. The number of carboxylic acid groups (broad SMARTS) is 1. The van der Waals surface area contributed by atoms with Crippen LogP contribution in [0.3, 0.4) is 0 Å². The van der Waals surface area contributed by atoms with Crippen molar-refractivity contribution in [2.24, 2.45) is 5.92 Å². The van der Waals surface area contributed by atoms with Crippen molar-refractivity contribution in [1.82, 2.24) is 25.2 Å². The summed E-state index contributed by atoms with van der Waals surface area (Å²) in [6.07, 6.45) is 1.74. The van der Waals surface area contributed by atoms with Crippen LogP contribution in [0.15, 0.2) is 6.20 Å². The molecule has 9 nitrogen and oxygen atoms in total. The van der Waals surface area contributed by atoms with E-state index in [1.54, 1.807) is 4.90 Å². The van der Waals surface area contributed by atoms with Crippen molar-refractivity contribution >= 4 is 12.0 Å². The molecule has 0 aliphatic carbocycles. The molecule has 1 aliphatic heterocycles. The second-order valence-corrected chi connectivity index (χ2v) is 5.24. The fourth-order valence-corrected chi connectivity index (χ4v) is 2.15. The van der Waals surface area contributed by atoms with E-state index in [4.69, 9.17) is 5.11 Å². The Labute approximate surface area is 121 Å². The van der Waals surface area contributed by atoms with Gasteiger partial charge < -0.3 is 20.4 Å². The summed E-state index contributed by atoms with van der Waals surface area (Å²) >= 11 is 0. The van der Waals surface area contributed by atoms with Crippen LogP contribution < -0.4 is 5.32 Å². The number of urea groups is 1. The lowest BCUT2D eigenvalue weighted by Gasteiger charge is -2.34. The Balaban J connectivity index is 1.81. The number of amides is 2. The Morgan fingerprint density at radius 1 is 1.52 bits per heavy atom. The van der Waals surface area contributed by atoms with Crippen LogP contribution in [-0.2, 0) is 17.9 Å². The van der Waals surface area contributed by atoms with Gasteiger partial charge in [0, 0.05) is 13.1 Å². The number of aliphatic hydroxyl groups excluding tert-OH is 1. The van der Waals surface area contributed by atoms with E-state index >= 15 is 0 Å². The molecule has 21 heavy (non-hydrogen) atoms. The SMILES string of the molecule is CC1CCN(C(=O)NCc2cn(CC(=O)O)nn2)CC1O. The molecule has 2 rings (SSSR count). The first kappa shape index (κ1) is 15.2.